The van der Waals surface area contributed by atoms with Crippen molar-refractivity contribution in [1.82, 2.24) is 0 Å². The predicted octanol–water partition coefficient (Wildman–Crippen LogP) is 2.50. The van der Waals surface area contributed by atoms with E-state index in [0.29, 0.717) is 37.1 Å². The average molecular weight is 457 g/mol. The maximum Gasteiger partial charge on any atom is 0.338 e. The summed E-state index contributed by atoms with van der Waals surface area (Å²) < 4.78 is 30.8. The van der Waals surface area contributed by atoms with Crippen molar-refractivity contribution in [2.24, 2.45) is 0 Å². The molecule has 0 aromatic heterocycles. The molecule has 9 heteroatoms. The first kappa shape index (κ1) is 22.0. The van der Waals surface area contributed by atoms with E-state index in [1.165, 1.54) is 6.07 Å². The number of nitrogens with zero attached hydrogens (tertiary/aromatic N) is 1. The van der Waals surface area contributed by atoms with Crippen molar-refractivity contribution < 1.29 is 27.5 Å². The third-order valence-electron chi connectivity index (χ3n) is 5.64. The summed E-state index contributed by atoms with van der Waals surface area (Å²) in [5.41, 5.74) is 3.30. The van der Waals surface area contributed by atoms with E-state index in [1.807, 2.05) is 0 Å². The number of hydrogen-bond donors (Lipinski definition) is 1. The van der Waals surface area contributed by atoms with Crippen molar-refractivity contribution in [1.29, 1.82) is 0 Å². The third kappa shape index (κ3) is 4.38. The largest absolute Gasteiger partial charge is 0.462 e. The van der Waals surface area contributed by atoms with E-state index in [-0.39, 0.29) is 29.6 Å². The average Bonchev–Trinajstić information content (AvgIpc) is 3.21. The number of anilines is 2. The number of rotatable bonds is 7. The van der Waals surface area contributed by atoms with Crippen molar-refractivity contribution in [3.63, 3.8) is 0 Å². The van der Waals surface area contributed by atoms with Crippen molar-refractivity contribution >= 4 is 39.0 Å². The smallest absolute Gasteiger partial charge is 0.338 e. The number of amides is 2. The summed E-state index contributed by atoms with van der Waals surface area (Å²) in [5.74, 6) is -1.21. The van der Waals surface area contributed by atoms with E-state index in [0.717, 1.165) is 16.8 Å². The molecule has 8 nitrogen and oxygen atoms in total. The molecule has 0 radical (unpaired) electrons. The van der Waals surface area contributed by atoms with Gasteiger partial charge in [-0.15, -0.1) is 0 Å². The van der Waals surface area contributed by atoms with Crippen LogP contribution in [0, 0.1) is 0 Å². The lowest BCUT2D eigenvalue weighted by Crippen LogP contribution is -2.32. The van der Waals surface area contributed by atoms with Gasteiger partial charge in [0, 0.05) is 25.1 Å². The minimum absolute atomic E-state index is 0.0792. The van der Waals surface area contributed by atoms with E-state index >= 15 is 0 Å². The van der Waals surface area contributed by atoms with Gasteiger partial charge in [0.25, 0.3) is 0 Å². The number of ether oxygens (including phenoxy) is 1. The first-order valence-corrected chi connectivity index (χ1v) is 12.2. The molecule has 2 aliphatic heterocycles. The number of esters is 1. The zero-order chi connectivity index (χ0) is 22.9. The molecule has 1 N–H and O–H groups in total. The van der Waals surface area contributed by atoms with Crippen LogP contribution in [-0.2, 0) is 37.0 Å². The number of benzene rings is 2. The Morgan fingerprint density at radius 3 is 2.59 bits per heavy atom. The monoisotopic (exact) mass is 456 g/mol. The van der Waals surface area contributed by atoms with Gasteiger partial charge >= 0.3 is 5.97 Å². The SMILES string of the molecule is CCOC(=O)c1cccc(NC(=O)CCS(=O)(=O)c2cc3c4c(c2)CCN4C(=O)CC3)c1. The van der Waals surface area contributed by atoms with E-state index in [1.54, 1.807) is 42.2 Å². The maximum absolute atomic E-state index is 12.9. The molecule has 0 unspecified atom stereocenters. The number of hydrogen-bond acceptors (Lipinski definition) is 6. The van der Waals surface area contributed by atoms with Crippen LogP contribution in [0.25, 0.3) is 0 Å². The van der Waals surface area contributed by atoms with Crippen LogP contribution < -0.4 is 10.2 Å². The normalized spacial score (nSPS) is 14.8. The van der Waals surface area contributed by atoms with Gasteiger partial charge in [0.1, 0.15) is 0 Å². The molecule has 2 aromatic rings. The Morgan fingerprint density at radius 2 is 1.84 bits per heavy atom. The van der Waals surface area contributed by atoms with Gasteiger partial charge in [0.15, 0.2) is 9.84 Å². The second kappa shape index (κ2) is 8.74. The molecule has 2 aromatic carbocycles. The van der Waals surface area contributed by atoms with Crippen LogP contribution in [0.5, 0.6) is 0 Å². The second-order valence-electron chi connectivity index (χ2n) is 7.80. The molecule has 0 atom stereocenters. The zero-order valence-corrected chi connectivity index (χ0v) is 18.5. The number of carbonyl (C=O) groups is 3. The molecular weight excluding hydrogens is 432 g/mol. The van der Waals surface area contributed by atoms with Crippen LogP contribution in [0.2, 0.25) is 0 Å². The van der Waals surface area contributed by atoms with Crippen LogP contribution in [0.1, 0.15) is 41.3 Å². The predicted molar refractivity (Wildman–Crippen MR) is 119 cm³/mol. The lowest BCUT2D eigenvalue weighted by atomic mass is 10.00. The minimum atomic E-state index is -3.68. The maximum atomic E-state index is 12.9. The van der Waals surface area contributed by atoms with Crippen molar-refractivity contribution in [2.75, 3.05) is 29.1 Å². The van der Waals surface area contributed by atoms with Gasteiger partial charge in [-0.05, 0) is 61.2 Å². The number of aryl methyl sites for hydroxylation is 1. The molecule has 168 valence electrons. The Morgan fingerprint density at radius 1 is 1.09 bits per heavy atom. The second-order valence-corrected chi connectivity index (χ2v) is 9.91. The Kier molecular flexibility index (Phi) is 6.01. The highest BCUT2D eigenvalue weighted by Crippen LogP contribution is 2.38. The van der Waals surface area contributed by atoms with E-state index in [9.17, 15) is 22.8 Å². The Hall–Kier alpha value is -3.20. The Balaban J connectivity index is 1.43. The fraction of sp³-hybridized carbons (Fsp3) is 0.348. The van der Waals surface area contributed by atoms with Crippen molar-refractivity contribution in [2.45, 2.75) is 37.5 Å². The van der Waals surface area contributed by atoms with Crippen LogP contribution >= 0.6 is 0 Å². The first-order chi connectivity index (χ1) is 15.3. The van der Waals surface area contributed by atoms with Gasteiger partial charge in [-0.25, -0.2) is 13.2 Å². The quantitative estimate of drug-likeness (QED) is 0.641. The van der Waals surface area contributed by atoms with Gasteiger partial charge in [-0.1, -0.05) is 6.07 Å². The van der Waals surface area contributed by atoms with E-state index < -0.39 is 21.7 Å². The Bertz CT molecular complexity index is 1200. The summed E-state index contributed by atoms with van der Waals surface area (Å²) >= 11 is 0. The fourth-order valence-electron chi connectivity index (χ4n) is 4.11. The van der Waals surface area contributed by atoms with Gasteiger partial charge in [0.05, 0.1) is 28.5 Å². The highest BCUT2D eigenvalue weighted by atomic mass is 32.2. The lowest BCUT2D eigenvalue weighted by Gasteiger charge is -2.25. The van der Waals surface area contributed by atoms with Crippen molar-refractivity contribution in [3.8, 4) is 0 Å². The topological polar surface area (TPSA) is 110 Å². The number of sulfone groups is 1. The molecule has 4 rings (SSSR count). The molecule has 0 saturated carbocycles. The molecule has 0 aliphatic carbocycles. The minimum Gasteiger partial charge on any atom is -0.462 e. The molecule has 0 fully saturated rings. The zero-order valence-electron chi connectivity index (χ0n) is 17.7. The van der Waals surface area contributed by atoms with Crippen LogP contribution in [0.15, 0.2) is 41.3 Å². The number of nitrogens with one attached hydrogen (secondary N) is 1. The summed E-state index contributed by atoms with van der Waals surface area (Å²) in [6.45, 7) is 2.53. The first-order valence-electron chi connectivity index (χ1n) is 10.5. The highest BCUT2D eigenvalue weighted by Gasteiger charge is 2.33. The molecule has 0 bridgehead atoms. The molecule has 0 saturated heterocycles. The molecule has 32 heavy (non-hydrogen) atoms. The molecule has 0 spiro atoms. The summed E-state index contributed by atoms with van der Waals surface area (Å²) in [5, 5.41) is 2.63. The fourth-order valence-corrected chi connectivity index (χ4v) is 5.45. The lowest BCUT2D eigenvalue weighted by molar-refractivity contribution is -0.119. The van der Waals surface area contributed by atoms with Crippen LogP contribution in [0.4, 0.5) is 11.4 Å². The van der Waals surface area contributed by atoms with Crippen LogP contribution in [0.3, 0.4) is 0 Å². The molecule has 2 amide bonds. The summed E-state index contributed by atoms with van der Waals surface area (Å²) in [6.07, 6.45) is 1.32. The van der Waals surface area contributed by atoms with Crippen molar-refractivity contribution in [3.05, 3.63) is 53.1 Å². The third-order valence-corrected chi connectivity index (χ3v) is 7.34. The summed E-state index contributed by atoms with van der Waals surface area (Å²) in [7, 11) is -3.68. The standard InChI is InChI=1S/C23H24N2O6S/c1-2-31-23(28)17-4-3-5-18(12-17)24-20(26)9-11-32(29,30)19-13-15-6-7-21(27)25-10-8-16(14-19)22(15)25/h3-5,12-14H,2,6-11H2,1H3,(H,24,26). The van der Waals surface area contributed by atoms with Gasteiger partial charge in [-0.2, -0.15) is 0 Å². The molecular formula is C23H24N2O6S. The van der Waals surface area contributed by atoms with Gasteiger partial charge < -0.3 is 15.0 Å². The number of carbonyl (C=O) groups excluding carboxylic acids is 3. The highest BCUT2D eigenvalue weighted by molar-refractivity contribution is 7.91. The van der Waals surface area contributed by atoms with E-state index in [2.05, 4.69) is 5.32 Å². The molecule has 2 aliphatic rings. The summed E-state index contributed by atoms with van der Waals surface area (Å²) in [6, 6.07) is 9.57. The Labute approximate surface area is 186 Å². The van der Waals surface area contributed by atoms with Gasteiger partial charge in [-0.3, -0.25) is 9.59 Å². The van der Waals surface area contributed by atoms with Crippen LogP contribution in [-0.4, -0.2) is 45.1 Å². The molecule has 2 heterocycles. The van der Waals surface area contributed by atoms with E-state index in [4.69, 9.17) is 4.74 Å². The van der Waals surface area contributed by atoms with Gasteiger partial charge in [0.2, 0.25) is 11.8 Å². The summed E-state index contributed by atoms with van der Waals surface area (Å²) in [4.78, 5) is 38.2.